The zero-order chi connectivity index (χ0) is 17.1. The van der Waals surface area contributed by atoms with Gasteiger partial charge in [-0.15, -0.1) is 0 Å². The molecule has 128 valence electrons. The van der Waals surface area contributed by atoms with Crippen molar-refractivity contribution in [3.05, 3.63) is 58.7 Å². The Morgan fingerprint density at radius 2 is 2.17 bits per heavy atom. The van der Waals surface area contributed by atoms with Crippen LogP contribution in [-0.2, 0) is 19.6 Å². The first-order valence-corrected chi connectivity index (χ1v) is 8.40. The molecule has 2 aromatic rings. The summed E-state index contributed by atoms with van der Waals surface area (Å²) in [6.07, 6.45) is 1.16. The van der Waals surface area contributed by atoms with Gasteiger partial charge in [0.1, 0.15) is 17.6 Å². The quantitative estimate of drug-likeness (QED) is 0.854. The second-order valence-electron chi connectivity index (χ2n) is 6.41. The maximum Gasteiger partial charge on any atom is 0.123 e. The topological polar surface area (TPSA) is 50.7 Å². The van der Waals surface area contributed by atoms with Crippen molar-refractivity contribution in [2.75, 3.05) is 7.11 Å². The molecule has 0 radical (unpaired) electrons. The molecule has 1 aliphatic rings. The lowest BCUT2D eigenvalue weighted by Gasteiger charge is -2.17. The molecule has 0 aliphatic carbocycles. The van der Waals surface area contributed by atoms with Crippen LogP contribution in [0, 0.1) is 0 Å². The molecule has 4 heteroatoms. The Balaban J connectivity index is 1.73. The first-order chi connectivity index (χ1) is 11.6. The monoisotopic (exact) mass is 327 g/mol. The Kier molecular flexibility index (Phi) is 5.07. The average molecular weight is 327 g/mol. The maximum absolute atomic E-state index is 9.28. The fraction of sp³-hybridized carbons (Fsp3) is 0.400. The fourth-order valence-electron chi connectivity index (χ4n) is 3.15. The molecular formula is C20H25NO3. The highest BCUT2D eigenvalue weighted by Gasteiger charge is 2.21. The Hall–Kier alpha value is -2.04. The second kappa shape index (κ2) is 7.24. The number of aliphatic hydroxyl groups is 1. The summed E-state index contributed by atoms with van der Waals surface area (Å²) in [6.45, 7) is 4.96. The van der Waals surface area contributed by atoms with Crippen LogP contribution < -0.4 is 14.8 Å². The van der Waals surface area contributed by atoms with Crippen molar-refractivity contribution in [1.82, 2.24) is 5.32 Å². The number of fused-ring (bicyclic) bond motifs is 1. The molecule has 0 aromatic heterocycles. The minimum atomic E-state index is 0.0642. The molecule has 0 saturated heterocycles. The molecule has 2 unspecified atom stereocenters. The summed E-state index contributed by atoms with van der Waals surface area (Å²) in [5, 5.41) is 12.8. The molecule has 2 aromatic carbocycles. The summed E-state index contributed by atoms with van der Waals surface area (Å²) in [7, 11) is 1.71. The van der Waals surface area contributed by atoms with Gasteiger partial charge in [0.15, 0.2) is 0 Å². The normalized spacial score (nSPS) is 17.2. The Bertz CT molecular complexity index is 714. The first-order valence-electron chi connectivity index (χ1n) is 8.40. The second-order valence-corrected chi connectivity index (χ2v) is 6.41. The van der Waals surface area contributed by atoms with Crippen LogP contribution in [0.5, 0.6) is 11.5 Å². The molecule has 0 bridgehead atoms. The Morgan fingerprint density at radius 1 is 1.33 bits per heavy atom. The summed E-state index contributed by atoms with van der Waals surface area (Å²) < 4.78 is 11.4. The van der Waals surface area contributed by atoms with Crippen molar-refractivity contribution in [3.63, 3.8) is 0 Å². The zero-order valence-corrected chi connectivity index (χ0v) is 14.5. The summed E-state index contributed by atoms with van der Waals surface area (Å²) in [4.78, 5) is 0. The van der Waals surface area contributed by atoms with E-state index in [4.69, 9.17) is 9.47 Å². The fourth-order valence-corrected chi connectivity index (χ4v) is 3.15. The molecule has 24 heavy (non-hydrogen) atoms. The smallest absolute Gasteiger partial charge is 0.123 e. The molecule has 0 amide bonds. The minimum Gasteiger partial charge on any atom is -0.496 e. The van der Waals surface area contributed by atoms with Gasteiger partial charge in [0, 0.05) is 30.1 Å². The van der Waals surface area contributed by atoms with Crippen LogP contribution in [0.2, 0.25) is 0 Å². The van der Waals surface area contributed by atoms with Gasteiger partial charge in [0.2, 0.25) is 0 Å². The molecule has 0 fully saturated rings. The van der Waals surface area contributed by atoms with Crippen LogP contribution >= 0.6 is 0 Å². The molecule has 4 nitrogen and oxygen atoms in total. The highest BCUT2D eigenvalue weighted by Crippen LogP contribution is 2.35. The van der Waals surface area contributed by atoms with E-state index in [1.54, 1.807) is 7.11 Å². The first kappa shape index (κ1) is 16.8. The van der Waals surface area contributed by atoms with E-state index in [0.29, 0.717) is 6.54 Å². The van der Waals surface area contributed by atoms with Crippen LogP contribution in [-0.4, -0.2) is 18.3 Å². The van der Waals surface area contributed by atoms with E-state index < -0.39 is 0 Å². The highest BCUT2D eigenvalue weighted by atomic mass is 16.5. The van der Waals surface area contributed by atoms with Gasteiger partial charge in [0.25, 0.3) is 0 Å². The number of aliphatic hydroxyl groups excluding tert-OH is 1. The van der Waals surface area contributed by atoms with E-state index in [1.165, 1.54) is 5.56 Å². The van der Waals surface area contributed by atoms with Gasteiger partial charge in [-0.3, -0.25) is 0 Å². The maximum atomic E-state index is 9.28. The predicted octanol–water partition coefficient (Wildman–Crippen LogP) is 3.36. The van der Waals surface area contributed by atoms with Gasteiger partial charge < -0.3 is 19.9 Å². The van der Waals surface area contributed by atoms with Gasteiger partial charge in [-0.05, 0) is 37.1 Å². The lowest BCUT2D eigenvalue weighted by molar-refractivity contribution is 0.254. The summed E-state index contributed by atoms with van der Waals surface area (Å²) in [5.74, 6) is 1.87. The molecule has 1 heterocycles. The third-order valence-electron chi connectivity index (χ3n) is 4.53. The van der Waals surface area contributed by atoms with Crippen molar-refractivity contribution in [1.29, 1.82) is 0 Å². The molecule has 0 spiro atoms. The standard InChI is InChI=1S/C20H25NO3/c1-13-7-17-9-19(23-3)18(10-20(17)24-13)11-21-14(2)16-6-4-5-15(8-16)12-22/h4-6,8-10,13-14,21-22H,7,11-12H2,1-3H3. The lowest BCUT2D eigenvalue weighted by Crippen LogP contribution is -2.18. The molecular weight excluding hydrogens is 302 g/mol. The lowest BCUT2D eigenvalue weighted by atomic mass is 10.0. The van der Waals surface area contributed by atoms with Crippen LogP contribution in [0.25, 0.3) is 0 Å². The number of nitrogens with one attached hydrogen (secondary N) is 1. The molecule has 3 rings (SSSR count). The Labute approximate surface area is 143 Å². The van der Waals surface area contributed by atoms with E-state index >= 15 is 0 Å². The van der Waals surface area contributed by atoms with Gasteiger partial charge in [-0.2, -0.15) is 0 Å². The number of hydrogen-bond donors (Lipinski definition) is 2. The molecule has 2 N–H and O–H groups in total. The van der Waals surface area contributed by atoms with Crippen LogP contribution in [0.3, 0.4) is 0 Å². The molecule has 0 saturated carbocycles. The number of rotatable bonds is 6. The van der Waals surface area contributed by atoms with Gasteiger partial charge in [-0.1, -0.05) is 24.3 Å². The zero-order valence-electron chi connectivity index (χ0n) is 14.5. The number of benzene rings is 2. The van der Waals surface area contributed by atoms with Crippen LogP contribution in [0.15, 0.2) is 36.4 Å². The van der Waals surface area contributed by atoms with Gasteiger partial charge in [0.05, 0.1) is 13.7 Å². The third kappa shape index (κ3) is 3.55. The molecule has 1 aliphatic heterocycles. The Morgan fingerprint density at radius 3 is 2.92 bits per heavy atom. The van der Waals surface area contributed by atoms with Crippen molar-refractivity contribution in [2.24, 2.45) is 0 Å². The van der Waals surface area contributed by atoms with Crippen molar-refractivity contribution >= 4 is 0 Å². The number of hydrogen-bond acceptors (Lipinski definition) is 4. The third-order valence-corrected chi connectivity index (χ3v) is 4.53. The van der Waals surface area contributed by atoms with Gasteiger partial charge >= 0.3 is 0 Å². The van der Waals surface area contributed by atoms with E-state index in [1.807, 2.05) is 18.2 Å². The van der Waals surface area contributed by atoms with Crippen molar-refractivity contribution in [2.45, 2.75) is 45.6 Å². The summed E-state index contributed by atoms with van der Waals surface area (Å²) in [5.41, 5.74) is 4.40. The highest BCUT2D eigenvalue weighted by molar-refractivity contribution is 5.48. The van der Waals surface area contributed by atoms with E-state index in [-0.39, 0.29) is 18.8 Å². The number of methoxy groups -OCH3 is 1. The predicted molar refractivity (Wildman–Crippen MR) is 94.4 cm³/mol. The summed E-state index contributed by atoms with van der Waals surface area (Å²) in [6, 6.07) is 12.4. The van der Waals surface area contributed by atoms with Crippen molar-refractivity contribution < 1.29 is 14.6 Å². The largest absolute Gasteiger partial charge is 0.496 e. The summed E-state index contributed by atoms with van der Waals surface area (Å²) >= 11 is 0. The van der Waals surface area contributed by atoms with Crippen molar-refractivity contribution in [3.8, 4) is 11.5 Å². The molecule has 2 atom stereocenters. The van der Waals surface area contributed by atoms with E-state index in [0.717, 1.165) is 34.6 Å². The van der Waals surface area contributed by atoms with E-state index in [2.05, 4.69) is 37.4 Å². The van der Waals surface area contributed by atoms with Crippen LogP contribution in [0.1, 0.15) is 42.1 Å². The SMILES string of the molecule is COc1cc2c(cc1CNC(C)c1cccc(CO)c1)OC(C)C2. The minimum absolute atomic E-state index is 0.0642. The van der Waals surface area contributed by atoms with Gasteiger partial charge in [-0.25, -0.2) is 0 Å². The van der Waals surface area contributed by atoms with E-state index in [9.17, 15) is 5.11 Å². The van der Waals surface area contributed by atoms with Crippen LogP contribution in [0.4, 0.5) is 0 Å². The average Bonchev–Trinajstić information content (AvgIpc) is 2.97. The number of ether oxygens (including phenoxy) is 2.